The third kappa shape index (κ3) is 4.67. The molecule has 1 fully saturated rings. The SMILES string of the molecule is Cc1sc(Br)cc1CCC(C)(C)CCNC1CC1. The largest absolute Gasteiger partial charge is 0.314 e. The minimum absolute atomic E-state index is 0.447. The van der Waals surface area contributed by atoms with E-state index >= 15 is 0 Å². The lowest BCUT2D eigenvalue weighted by atomic mass is 9.83. The molecular formula is C15H24BrNS. The Kier molecular flexibility index (Phi) is 4.90. The summed E-state index contributed by atoms with van der Waals surface area (Å²) < 4.78 is 1.27. The number of halogens is 1. The molecule has 1 heterocycles. The normalized spacial score (nSPS) is 16.2. The van der Waals surface area contributed by atoms with Crippen molar-refractivity contribution < 1.29 is 0 Å². The minimum Gasteiger partial charge on any atom is -0.314 e. The molecule has 1 aromatic heterocycles. The molecule has 0 saturated heterocycles. The fourth-order valence-corrected chi connectivity index (χ4v) is 4.02. The molecule has 102 valence electrons. The molecule has 0 unspecified atom stereocenters. The maximum absolute atomic E-state index is 3.62. The first-order valence-corrected chi connectivity index (χ1v) is 8.55. The van der Waals surface area contributed by atoms with Crippen LogP contribution in [0, 0.1) is 12.3 Å². The first-order chi connectivity index (χ1) is 8.46. The van der Waals surface area contributed by atoms with Crippen molar-refractivity contribution in [1.82, 2.24) is 5.32 Å². The number of thiophene rings is 1. The predicted octanol–water partition coefficient (Wildman–Crippen LogP) is 4.92. The summed E-state index contributed by atoms with van der Waals surface area (Å²) in [5.41, 5.74) is 1.97. The third-order valence-electron chi connectivity index (χ3n) is 3.87. The first kappa shape index (κ1) is 14.5. The van der Waals surface area contributed by atoms with Gasteiger partial charge in [0.25, 0.3) is 0 Å². The second-order valence-corrected chi connectivity index (χ2v) is 8.91. The summed E-state index contributed by atoms with van der Waals surface area (Å²) in [6.45, 7) is 8.22. The molecule has 0 amide bonds. The van der Waals surface area contributed by atoms with E-state index in [1.807, 2.05) is 11.3 Å². The Hall–Kier alpha value is 0.140. The molecule has 1 aliphatic carbocycles. The van der Waals surface area contributed by atoms with Gasteiger partial charge in [-0.15, -0.1) is 11.3 Å². The number of hydrogen-bond donors (Lipinski definition) is 1. The third-order valence-corrected chi connectivity index (χ3v) is 5.47. The van der Waals surface area contributed by atoms with E-state index in [4.69, 9.17) is 0 Å². The number of hydrogen-bond acceptors (Lipinski definition) is 2. The van der Waals surface area contributed by atoms with Crippen LogP contribution in [0.25, 0.3) is 0 Å². The van der Waals surface area contributed by atoms with Gasteiger partial charge >= 0.3 is 0 Å². The van der Waals surface area contributed by atoms with Gasteiger partial charge in [-0.25, -0.2) is 0 Å². The van der Waals surface area contributed by atoms with Crippen LogP contribution < -0.4 is 5.32 Å². The van der Waals surface area contributed by atoms with Gasteiger partial charge in [0.05, 0.1) is 3.79 Å². The number of nitrogens with one attached hydrogen (secondary N) is 1. The second-order valence-electron chi connectivity index (χ2n) is 6.27. The van der Waals surface area contributed by atoms with Crippen molar-refractivity contribution in [3.8, 4) is 0 Å². The predicted molar refractivity (Wildman–Crippen MR) is 84.5 cm³/mol. The second kappa shape index (κ2) is 6.06. The Morgan fingerprint density at radius 2 is 2.11 bits per heavy atom. The van der Waals surface area contributed by atoms with E-state index in [1.54, 1.807) is 0 Å². The standard InChI is InChI=1S/C15H24BrNS/c1-11-12(10-14(16)18-11)6-7-15(2,3)8-9-17-13-4-5-13/h10,13,17H,4-9H2,1-3H3. The van der Waals surface area contributed by atoms with Crippen molar-refractivity contribution >= 4 is 27.3 Å². The highest BCUT2D eigenvalue weighted by atomic mass is 79.9. The quantitative estimate of drug-likeness (QED) is 0.748. The molecule has 1 aromatic rings. The van der Waals surface area contributed by atoms with Gasteiger partial charge in [-0.05, 0) is 78.5 Å². The van der Waals surface area contributed by atoms with E-state index in [9.17, 15) is 0 Å². The molecule has 0 spiro atoms. The Morgan fingerprint density at radius 3 is 2.67 bits per heavy atom. The van der Waals surface area contributed by atoms with Crippen molar-refractivity contribution in [2.24, 2.45) is 5.41 Å². The smallest absolute Gasteiger partial charge is 0.0704 e. The van der Waals surface area contributed by atoms with Crippen molar-refractivity contribution in [3.05, 3.63) is 20.3 Å². The molecule has 0 atom stereocenters. The molecule has 18 heavy (non-hydrogen) atoms. The van der Waals surface area contributed by atoms with Crippen molar-refractivity contribution in [2.75, 3.05) is 6.54 Å². The fourth-order valence-electron chi connectivity index (χ4n) is 2.23. The van der Waals surface area contributed by atoms with Crippen LogP contribution in [-0.2, 0) is 6.42 Å². The highest BCUT2D eigenvalue weighted by molar-refractivity contribution is 9.11. The fraction of sp³-hybridized carbons (Fsp3) is 0.733. The molecular weight excluding hydrogens is 306 g/mol. The molecule has 2 rings (SSSR count). The van der Waals surface area contributed by atoms with Gasteiger partial charge in [-0.3, -0.25) is 0 Å². The number of rotatable bonds is 7. The van der Waals surface area contributed by atoms with Crippen molar-refractivity contribution in [3.63, 3.8) is 0 Å². The van der Waals surface area contributed by atoms with E-state index in [0.29, 0.717) is 5.41 Å². The Balaban J connectivity index is 1.74. The summed E-state index contributed by atoms with van der Waals surface area (Å²) in [6.07, 6.45) is 6.56. The summed E-state index contributed by atoms with van der Waals surface area (Å²) in [7, 11) is 0. The summed E-state index contributed by atoms with van der Waals surface area (Å²) in [4.78, 5) is 1.47. The highest BCUT2D eigenvalue weighted by Gasteiger charge is 2.23. The van der Waals surface area contributed by atoms with Gasteiger partial charge in [0.2, 0.25) is 0 Å². The molecule has 1 nitrogen and oxygen atoms in total. The highest BCUT2D eigenvalue weighted by Crippen LogP contribution is 2.32. The maximum Gasteiger partial charge on any atom is 0.0704 e. The van der Waals surface area contributed by atoms with Gasteiger partial charge in [-0.1, -0.05) is 13.8 Å². The first-order valence-electron chi connectivity index (χ1n) is 6.94. The zero-order valence-electron chi connectivity index (χ0n) is 11.7. The van der Waals surface area contributed by atoms with Gasteiger partial charge in [0.15, 0.2) is 0 Å². The summed E-state index contributed by atoms with van der Waals surface area (Å²) >= 11 is 5.43. The molecule has 0 aliphatic heterocycles. The molecule has 1 N–H and O–H groups in total. The zero-order chi connectivity index (χ0) is 13.2. The molecule has 0 aromatic carbocycles. The van der Waals surface area contributed by atoms with Crippen LogP contribution in [-0.4, -0.2) is 12.6 Å². The summed E-state index contributed by atoms with van der Waals surface area (Å²) in [5.74, 6) is 0. The van der Waals surface area contributed by atoms with Gasteiger partial charge in [0.1, 0.15) is 0 Å². The van der Waals surface area contributed by atoms with Crippen LogP contribution in [0.1, 0.15) is 50.0 Å². The van der Waals surface area contributed by atoms with Gasteiger partial charge < -0.3 is 5.32 Å². The molecule has 3 heteroatoms. The van der Waals surface area contributed by atoms with E-state index in [0.717, 1.165) is 6.04 Å². The van der Waals surface area contributed by atoms with Crippen LogP contribution in [0.3, 0.4) is 0 Å². The lowest BCUT2D eigenvalue weighted by Crippen LogP contribution is -2.24. The van der Waals surface area contributed by atoms with Crippen molar-refractivity contribution in [2.45, 2.75) is 58.9 Å². The lowest BCUT2D eigenvalue weighted by molar-refractivity contribution is 0.302. The van der Waals surface area contributed by atoms with Crippen LogP contribution >= 0.6 is 27.3 Å². The number of aryl methyl sites for hydroxylation is 2. The average Bonchev–Trinajstić information content (AvgIpc) is 3.02. The van der Waals surface area contributed by atoms with Gasteiger partial charge in [-0.2, -0.15) is 0 Å². The maximum atomic E-state index is 3.62. The van der Waals surface area contributed by atoms with E-state index in [-0.39, 0.29) is 0 Å². The summed E-state index contributed by atoms with van der Waals surface area (Å²) in [5, 5.41) is 3.62. The van der Waals surface area contributed by atoms with Crippen molar-refractivity contribution in [1.29, 1.82) is 0 Å². The van der Waals surface area contributed by atoms with Crippen LogP contribution in [0.15, 0.2) is 9.85 Å². The molecule has 0 radical (unpaired) electrons. The van der Waals surface area contributed by atoms with Crippen LogP contribution in [0.2, 0.25) is 0 Å². The topological polar surface area (TPSA) is 12.0 Å². The minimum atomic E-state index is 0.447. The Morgan fingerprint density at radius 1 is 1.39 bits per heavy atom. The molecule has 1 aliphatic rings. The van der Waals surface area contributed by atoms with E-state index < -0.39 is 0 Å². The zero-order valence-corrected chi connectivity index (χ0v) is 14.1. The lowest BCUT2D eigenvalue weighted by Gasteiger charge is -2.24. The van der Waals surface area contributed by atoms with E-state index in [2.05, 4.69) is 48.1 Å². The Bertz CT molecular complexity index is 393. The summed E-state index contributed by atoms with van der Waals surface area (Å²) in [6, 6.07) is 3.13. The van der Waals surface area contributed by atoms with Crippen LogP contribution in [0.4, 0.5) is 0 Å². The monoisotopic (exact) mass is 329 g/mol. The van der Waals surface area contributed by atoms with E-state index in [1.165, 1.54) is 52.9 Å². The van der Waals surface area contributed by atoms with Gasteiger partial charge in [0, 0.05) is 10.9 Å². The average molecular weight is 330 g/mol. The Labute approximate surface area is 123 Å². The van der Waals surface area contributed by atoms with Crippen LogP contribution in [0.5, 0.6) is 0 Å². The molecule has 0 bridgehead atoms. The molecule has 1 saturated carbocycles.